The first-order valence-corrected chi connectivity index (χ1v) is 7.17. The molecule has 1 aliphatic rings. The number of hydrogen-bond donors (Lipinski definition) is 1. The van der Waals surface area contributed by atoms with E-state index in [4.69, 9.17) is 0 Å². The molecule has 0 aromatic heterocycles. The first-order valence-electron chi connectivity index (χ1n) is 7.17. The first-order chi connectivity index (χ1) is 9.90. The van der Waals surface area contributed by atoms with Gasteiger partial charge >= 0.3 is 5.69 Å². The fourth-order valence-corrected chi connectivity index (χ4v) is 2.76. The summed E-state index contributed by atoms with van der Waals surface area (Å²) in [5.74, 6) is 0.607. The highest BCUT2D eigenvalue weighted by Gasteiger charge is 2.26. The fourth-order valence-electron chi connectivity index (χ4n) is 2.76. The number of hydrogen-bond acceptors (Lipinski definition) is 4. The van der Waals surface area contributed by atoms with Crippen LogP contribution >= 0.6 is 0 Å². The predicted octanol–water partition coefficient (Wildman–Crippen LogP) is 2.81. The zero-order valence-corrected chi connectivity index (χ0v) is 12.3. The molecule has 0 saturated carbocycles. The number of amides is 1. The summed E-state index contributed by atoms with van der Waals surface area (Å²) in [7, 11) is 0. The van der Waals surface area contributed by atoms with E-state index in [1.807, 2.05) is 0 Å². The van der Waals surface area contributed by atoms with Crippen molar-refractivity contribution in [1.82, 2.24) is 4.90 Å². The first kappa shape index (κ1) is 15.3. The van der Waals surface area contributed by atoms with Crippen LogP contribution in [0, 0.1) is 22.0 Å². The second kappa shape index (κ2) is 6.11. The monoisotopic (exact) mass is 292 g/mol. The van der Waals surface area contributed by atoms with Gasteiger partial charge in [-0.3, -0.25) is 14.9 Å². The van der Waals surface area contributed by atoms with Crippen molar-refractivity contribution in [3.8, 4) is 5.75 Å². The second-order valence-electron chi connectivity index (χ2n) is 5.83. The van der Waals surface area contributed by atoms with Crippen LogP contribution in [0.1, 0.15) is 37.0 Å². The lowest BCUT2D eigenvalue weighted by molar-refractivity contribution is -0.385. The van der Waals surface area contributed by atoms with Gasteiger partial charge in [-0.1, -0.05) is 13.8 Å². The molecule has 1 N–H and O–H groups in total. The molecule has 0 bridgehead atoms. The Balaban J connectivity index is 2.08. The molecule has 0 spiro atoms. The van der Waals surface area contributed by atoms with Gasteiger partial charge in [0.25, 0.3) is 5.91 Å². The van der Waals surface area contributed by atoms with Crippen molar-refractivity contribution < 1.29 is 14.8 Å². The highest BCUT2D eigenvalue weighted by atomic mass is 16.6. The van der Waals surface area contributed by atoms with Crippen molar-refractivity contribution in [2.45, 2.75) is 26.7 Å². The Morgan fingerprint density at radius 1 is 1.38 bits per heavy atom. The third kappa shape index (κ3) is 3.32. The van der Waals surface area contributed by atoms with Crippen molar-refractivity contribution in [2.24, 2.45) is 11.8 Å². The van der Waals surface area contributed by atoms with Gasteiger partial charge in [0.1, 0.15) is 0 Å². The van der Waals surface area contributed by atoms with Crippen LogP contribution in [0.3, 0.4) is 0 Å². The summed E-state index contributed by atoms with van der Waals surface area (Å²) < 4.78 is 0. The number of nitrogens with zero attached hydrogens (tertiary/aromatic N) is 2. The Bertz CT molecular complexity index is 549. The number of benzene rings is 1. The quantitative estimate of drug-likeness (QED) is 0.686. The van der Waals surface area contributed by atoms with Crippen LogP contribution in [0.4, 0.5) is 5.69 Å². The standard InChI is InChI=1S/C15H20N2O4/c1-10(2)11-5-7-16(8-6-11)15(19)12-3-4-13(17(20)21)14(18)9-12/h3-4,9-11,18H,5-8H2,1-2H3. The zero-order valence-electron chi connectivity index (χ0n) is 12.3. The van der Waals surface area contributed by atoms with Crippen LogP contribution < -0.4 is 0 Å². The van der Waals surface area contributed by atoms with Crippen LogP contribution in [-0.2, 0) is 0 Å². The number of aromatic hydroxyl groups is 1. The number of nitro groups is 1. The molecule has 2 rings (SSSR count). The van der Waals surface area contributed by atoms with Gasteiger partial charge in [0.05, 0.1) is 4.92 Å². The van der Waals surface area contributed by atoms with E-state index in [9.17, 15) is 20.0 Å². The number of nitro benzene ring substituents is 1. The highest BCUT2D eigenvalue weighted by molar-refractivity contribution is 5.95. The second-order valence-corrected chi connectivity index (χ2v) is 5.83. The average Bonchev–Trinajstić information content (AvgIpc) is 2.46. The number of carbonyl (C=O) groups excluding carboxylic acids is 1. The molecule has 6 nitrogen and oxygen atoms in total. The molecule has 1 amide bonds. The average molecular weight is 292 g/mol. The minimum atomic E-state index is -0.669. The van der Waals surface area contributed by atoms with E-state index >= 15 is 0 Å². The van der Waals surface area contributed by atoms with Crippen molar-refractivity contribution in [3.05, 3.63) is 33.9 Å². The molecule has 1 aromatic carbocycles. The predicted molar refractivity (Wildman–Crippen MR) is 78.2 cm³/mol. The SMILES string of the molecule is CC(C)C1CCN(C(=O)c2ccc([N+](=O)[O-])c(O)c2)CC1. The van der Waals surface area contributed by atoms with Crippen molar-refractivity contribution in [1.29, 1.82) is 0 Å². The molecule has 1 heterocycles. The number of phenols is 1. The van der Waals surface area contributed by atoms with E-state index in [0.29, 0.717) is 30.5 Å². The molecule has 21 heavy (non-hydrogen) atoms. The Kier molecular flexibility index (Phi) is 4.45. The molecule has 0 radical (unpaired) electrons. The number of likely N-dealkylation sites (tertiary alicyclic amines) is 1. The summed E-state index contributed by atoms with van der Waals surface area (Å²) >= 11 is 0. The van der Waals surface area contributed by atoms with Gasteiger partial charge in [0.2, 0.25) is 0 Å². The van der Waals surface area contributed by atoms with Gasteiger partial charge in [0.15, 0.2) is 5.75 Å². The Morgan fingerprint density at radius 3 is 2.48 bits per heavy atom. The van der Waals surface area contributed by atoms with Gasteiger partial charge in [0, 0.05) is 24.7 Å². The van der Waals surface area contributed by atoms with E-state index in [0.717, 1.165) is 12.8 Å². The molecule has 0 atom stereocenters. The maximum atomic E-state index is 12.4. The summed E-state index contributed by atoms with van der Waals surface area (Å²) in [5.41, 5.74) is -0.0915. The fraction of sp³-hybridized carbons (Fsp3) is 0.533. The molecule has 6 heteroatoms. The molecule has 1 aliphatic heterocycles. The molecule has 0 aliphatic carbocycles. The molecule has 114 valence electrons. The number of carbonyl (C=O) groups is 1. The molecule has 1 saturated heterocycles. The Hall–Kier alpha value is -2.11. The summed E-state index contributed by atoms with van der Waals surface area (Å²) in [5, 5.41) is 20.3. The normalized spacial score (nSPS) is 16.2. The van der Waals surface area contributed by atoms with E-state index < -0.39 is 10.7 Å². The smallest absolute Gasteiger partial charge is 0.310 e. The third-order valence-electron chi connectivity index (χ3n) is 4.19. The van der Waals surface area contributed by atoms with Crippen molar-refractivity contribution in [2.75, 3.05) is 13.1 Å². The van der Waals surface area contributed by atoms with Crippen LogP contribution in [0.25, 0.3) is 0 Å². The number of rotatable bonds is 3. The van der Waals surface area contributed by atoms with Crippen LogP contribution in [-0.4, -0.2) is 33.9 Å². The largest absolute Gasteiger partial charge is 0.502 e. The van der Waals surface area contributed by atoms with Crippen LogP contribution in [0.5, 0.6) is 5.75 Å². The summed E-state index contributed by atoms with van der Waals surface area (Å²) in [6, 6.07) is 3.74. The lowest BCUT2D eigenvalue weighted by atomic mass is 9.86. The minimum absolute atomic E-state index is 0.178. The van der Waals surface area contributed by atoms with Crippen molar-refractivity contribution in [3.63, 3.8) is 0 Å². The minimum Gasteiger partial charge on any atom is -0.502 e. The van der Waals surface area contributed by atoms with E-state index in [-0.39, 0.29) is 11.6 Å². The lowest BCUT2D eigenvalue weighted by Crippen LogP contribution is -2.39. The van der Waals surface area contributed by atoms with Crippen molar-refractivity contribution >= 4 is 11.6 Å². The number of piperidine rings is 1. The van der Waals surface area contributed by atoms with E-state index in [1.54, 1.807) is 4.90 Å². The summed E-state index contributed by atoms with van der Waals surface area (Å²) in [6.07, 6.45) is 1.95. The summed E-state index contributed by atoms with van der Waals surface area (Å²) in [4.78, 5) is 24.1. The van der Waals surface area contributed by atoms with Gasteiger partial charge in [-0.15, -0.1) is 0 Å². The van der Waals surface area contributed by atoms with Gasteiger partial charge < -0.3 is 10.0 Å². The molecule has 0 unspecified atom stereocenters. The topological polar surface area (TPSA) is 83.7 Å². The van der Waals surface area contributed by atoms with E-state index in [2.05, 4.69) is 13.8 Å². The van der Waals surface area contributed by atoms with E-state index in [1.165, 1.54) is 18.2 Å². The molecule has 1 fully saturated rings. The van der Waals surface area contributed by atoms with Crippen LogP contribution in [0.15, 0.2) is 18.2 Å². The zero-order chi connectivity index (χ0) is 15.6. The maximum Gasteiger partial charge on any atom is 0.310 e. The molecule has 1 aromatic rings. The van der Waals surface area contributed by atoms with Crippen LogP contribution in [0.2, 0.25) is 0 Å². The molecular weight excluding hydrogens is 272 g/mol. The Morgan fingerprint density at radius 2 is 2.00 bits per heavy atom. The number of phenolic OH excluding ortho intramolecular Hbond substituents is 1. The Labute approximate surface area is 123 Å². The lowest BCUT2D eigenvalue weighted by Gasteiger charge is -2.33. The summed E-state index contributed by atoms with van der Waals surface area (Å²) in [6.45, 7) is 5.77. The molecular formula is C15H20N2O4. The third-order valence-corrected chi connectivity index (χ3v) is 4.19. The van der Waals surface area contributed by atoms with Gasteiger partial charge in [-0.25, -0.2) is 0 Å². The van der Waals surface area contributed by atoms with Gasteiger partial charge in [-0.2, -0.15) is 0 Å². The highest BCUT2D eigenvalue weighted by Crippen LogP contribution is 2.29. The maximum absolute atomic E-state index is 12.4. The van der Waals surface area contributed by atoms with Gasteiger partial charge in [-0.05, 0) is 36.8 Å².